The maximum absolute atomic E-state index is 10.8. The largest absolute Gasteiger partial charge is 0.508 e. The molecule has 43 heavy (non-hydrogen) atoms. The van der Waals surface area contributed by atoms with Crippen LogP contribution in [0.4, 0.5) is 0 Å². The molecule has 0 heterocycles. The van der Waals surface area contributed by atoms with Crippen molar-refractivity contribution < 1.29 is 5.11 Å². The average Bonchev–Trinajstić information content (AvgIpc) is 3.01. The molecule has 0 saturated carbocycles. The maximum Gasteiger partial charge on any atom is 0.119 e. The van der Waals surface area contributed by atoms with Gasteiger partial charge in [-0.2, -0.15) is 0 Å². The van der Waals surface area contributed by atoms with Gasteiger partial charge in [0, 0.05) is 5.56 Å². The van der Waals surface area contributed by atoms with E-state index in [1.165, 1.54) is 204 Å². The topological polar surface area (TPSA) is 20.2 Å². The first-order valence-electron chi connectivity index (χ1n) is 19.9. The SMILES string of the molecule is CCCCCCCCCCCCCCCCC(C)c1cccc(O)c1C(C)CCCCCCCCCCCCCCCC. The zero-order valence-corrected chi connectivity index (χ0v) is 30.0. The molecule has 0 aliphatic heterocycles. The van der Waals surface area contributed by atoms with Gasteiger partial charge in [-0.3, -0.25) is 0 Å². The molecule has 0 aliphatic carbocycles. The summed E-state index contributed by atoms with van der Waals surface area (Å²) < 4.78 is 0. The summed E-state index contributed by atoms with van der Waals surface area (Å²) in [7, 11) is 0. The molecule has 1 nitrogen and oxygen atoms in total. The van der Waals surface area contributed by atoms with Crippen LogP contribution < -0.4 is 0 Å². The summed E-state index contributed by atoms with van der Waals surface area (Å²) in [5.74, 6) is 1.52. The molecule has 1 aromatic rings. The smallest absolute Gasteiger partial charge is 0.119 e. The molecule has 252 valence electrons. The van der Waals surface area contributed by atoms with Crippen LogP contribution >= 0.6 is 0 Å². The molecule has 1 aromatic carbocycles. The van der Waals surface area contributed by atoms with Crippen molar-refractivity contribution in [3.63, 3.8) is 0 Å². The Morgan fingerprint density at radius 3 is 1.07 bits per heavy atom. The summed E-state index contributed by atoms with van der Waals surface area (Å²) in [6.45, 7) is 9.34. The number of hydrogen-bond donors (Lipinski definition) is 1. The van der Waals surface area contributed by atoms with Gasteiger partial charge in [0.15, 0.2) is 0 Å². The summed E-state index contributed by atoms with van der Waals surface area (Å²) in [5, 5.41) is 10.8. The minimum Gasteiger partial charge on any atom is -0.508 e. The lowest BCUT2D eigenvalue weighted by Gasteiger charge is -2.22. The molecule has 1 N–H and O–H groups in total. The molecule has 0 saturated heterocycles. The molecule has 0 amide bonds. The monoisotopic (exact) mass is 599 g/mol. The predicted octanol–water partition coefficient (Wildman–Crippen LogP) is 15.3. The second kappa shape index (κ2) is 29.7. The lowest BCUT2D eigenvalue weighted by Crippen LogP contribution is -2.04. The van der Waals surface area contributed by atoms with E-state index < -0.39 is 0 Å². The van der Waals surface area contributed by atoms with Gasteiger partial charge < -0.3 is 5.11 Å². The Morgan fingerprint density at radius 1 is 0.419 bits per heavy atom. The summed E-state index contributed by atoms with van der Waals surface area (Å²) in [5.41, 5.74) is 2.66. The first-order valence-corrected chi connectivity index (χ1v) is 19.9. The second-order valence-electron chi connectivity index (χ2n) is 14.4. The van der Waals surface area contributed by atoms with E-state index in [0.29, 0.717) is 17.6 Å². The number of aromatic hydroxyl groups is 1. The highest BCUT2D eigenvalue weighted by atomic mass is 16.3. The number of hydrogen-bond acceptors (Lipinski definition) is 1. The second-order valence-corrected chi connectivity index (χ2v) is 14.4. The minimum absolute atomic E-state index is 0.451. The third kappa shape index (κ3) is 22.2. The van der Waals surface area contributed by atoms with E-state index >= 15 is 0 Å². The number of rotatable bonds is 32. The third-order valence-corrected chi connectivity index (χ3v) is 10.1. The Bertz CT molecular complexity index is 709. The summed E-state index contributed by atoms with van der Waals surface area (Å²) in [6, 6.07) is 6.28. The van der Waals surface area contributed by atoms with Gasteiger partial charge in [0.1, 0.15) is 5.75 Å². The van der Waals surface area contributed by atoms with Gasteiger partial charge in [0.2, 0.25) is 0 Å². The molecule has 1 heteroatoms. The fourth-order valence-corrected chi connectivity index (χ4v) is 7.13. The van der Waals surface area contributed by atoms with E-state index in [1.54, 1.807) is 0 Å². The first-order chi connectivity index (χ1) is 21.1. The van der Waals surface area contributed by atoms with Crippen molar-refractivity contribution in [2.24, 2.45) is 0 Å². The van der Waals surface area contributed by atoms with E-state index in [2.05, 4.69) is 39.8 Å². The van der Waals surface area contributed by atoms with E-state index in [4.69, 9.17) is 0 Å². The lowest BCUT2D eigenvalue weighted by atomic mass is 9.84. The van der Waals surface area contributed by atoms with Gasteiger partial charge >= 0.3 is 0 Å². The average molecular weight is 599 g/mol. The van der Waals surface area contributed by atoms with Crippen molar-refractivity contribution in [2.45, 2.75) is 232 Å². The fraction of sp³-hybridized carbons (Fsp3) is 0.857. The molecule has 1 rings (SSSR count). The number of unbranched alkanes of at least 4 members (excludes halogenated alkanes) is 26. The zero-order chi connectivity index (χ0) is 31.2. The Labute approximate surface area is 271 Å². The molecule has 0 spiro atoms. The number of benzene rings is 1. The Morgan fingerprint density at radius 2 is 0.721 bits per heavy atom. The van der Waals surface area contributed by atoms with Crippen LogP contribution in [-0.4, -0.2) is 5.11 Å². The van der Waals surface area contributed by atoms with Crippen LogP contribution in [0.1, 0.15) is 243 Å². The van der Waals surface area contributed by atoms with Crippen LogP contribution in [0.25, 0.3) is 0 Å². The van der Waals surface area contributed by atoms with Gasteiger partial charge in [0.25, 0.3) is 0 Å². The van der Waals surface area contributed by atoms with Gasteiger partial charge in [-0.25, -0.2) is 0 Å². The molecule has 0 aliphatic rings. The molecule has 0 bridgehead atoms. The number of phenolic OH excluding ortho intramolecular Hbond substituents is 1. The van der Waals surface area contributed by atoms with Gasteiger partial charge in [-0.15, -0.1) is 0 Å². The highest BCUT2D eigenvalue weighted by molar-refractivity contribution is 5.43. The summed E-state index contributed by atoms with van der Waals surface area (Å²) in [6.07, 6.45) is 42.1. The van der Waals surface area contributed by atoms with Gasteiger partial charge in [0.05, 0.1) is 0 Å². The molecule has 0 fully saturated rings. The van der Waals surface area contributed by atoms with E-state index in [-0.39, 0.29) is 0 Å². The predicted molar refractivity (Wildman–Crippen MR) is 195 cm³/mol. The van der Waals surface area contributed by atoms with Crippen molar-refractivity contribution >= 4 is 0 Å². The van der Waals surface area contributed by atoms with Crippen LogP contribution in [0.3, 0.4) is 0 Å². The standard InChI is InChI=1S/C42H78O/c1-5-7-9-11-13-15-17-19-21-23-25-27-29-31-34-38(3)40-36-33-37-41(43)42(40)39(4)35-32-30-28-26-24-22-20-18-16-14-12-10-8-6-2/h33,36-39,43H,5-32,34-35H2,1-4H3. The normalized spacial score (nSPS) is 13.0. The van der Waals surface area contributed by atoms with Crippen molar-refractivity contribution in [3.8, 4) is 5.75 Å². The summed E-state index contributed by atoms with van der Waals surface area (Å²) in [4.78, 5) is 0. The fourth-order valence-electron chi connectivity index (χ4n) is 7.13. The van der Waals surface area contributed by atoms with Crippen molar-refractivity contribution in [1.29, 1.82) is 0 Å². The van der Waals surface area contributed by atoms with E-state index in [1.807, 2.05) is 6.07 Å². The molecule has 2 unspecified atom stereocenters. The van der Waals surface area contributed by atoms with Crippen molar-refractivity contribution in [2.75, 3.05) is 0 Å². The first kappa shape index (κ1) is 40.0. The van der Waals surface area contributed by atoms with Gasteiger partial charge in [-0.1, -0.05) is 220 Å². The van der Waals surface area contributed by atoms with Crippen LogP contribution in [0, 0.1) is 0 Å². The van der Waals surface area contributed by atoms with Crippen LogP contribution in [-0.2, 0) is 0 Å². The highest BCUT2D eigenvalue weighted by Crippen LogP contribution is 2.37. The van der Waals surface area contributed by atoms with Crippen LogP contribution in [0.2, 0.25) is 0 Å². The lowest BCUT2D eigenvalue weighted by molar-refractivity contribution is 0.452. The van der Waals surface area contributed by atoms with Crippen molar-refractivity contribution in [3.05, 3.63) is 29.3 Å². The highest BCUT2D eigenvalue weighted by Gasteiger charge is 2.18. The molecular formula is C42H78O. The summed E-state index contributed by atoms with van der Waals surface area (Å²) >= 11 is 0. The molecule has 2 atom stereocenters. The minimum atomic E-state index is 0.451. The Balaban J connectivity index is 2.12. The zero-order valence-electron chi connectivity index (χ0n) is 30.0. The van der Waals surface area contributed by atoms with E-state index in [0.717, 1.165) is 0 Å². The van der Waals surface area contributed by atoms with E-state index in [9.17, 15) is 5.11 Å². The van der Waals surface area contributed by atoms with Crippen LogP contribution in [0.5, 0.6) is 5.75 Å². The Hall–Kier alpha value is -0.980. The molecule has 0 aromatic heterocycles. The quantitative estimate of drug-likeness (QED) is 0.0818. The third-order valence-electron chi connectivity index (χ3n) is 10.1. The van der Waals surface area contributed by atoms with Crippen molar-refractivity contribution in [1.82, 2.24) is 0 Å². The Kier molecular flexibility index (Phi) is 27.7. The molecular weight excluding hydrogens is 520 g/mol. The number of phenols is 1. The molecule has 0 radical (unpaired) electrons. The maximum atomic E-state index is 10.8. The van der Waals surface area contributed by atoms with Gasteiger partial charge in [-0.05, 0) is 36.3 Å². The van der Waals surface area contributed by atoms with Crippen LogP contribution in [0.15, 0.2) is 18.2 Å².